The molecule has 144 valence electrons. The third kappa shape index (κ3) is 4.00. The van der Waals surface area contributed by atoms with Gasteiger partial charge < -0.3 is 25.0 Å². The quantitative estimate of drug-likeness (QED) is 0.524. The van der Waals surface area contributed by atoms with E-state index in [0.717, 1.165) is 33.5 Å². The molecular formula is C22H27NO4. The first kappa shape index (κ1) is 19.4. The van der Waals surface area contributed by atoms with E-state index in [1.165, 1.54) is 0 Å². The van der Waals surface area contributed by atoms with Crippen LogP contribution >= 0.6 is 0 Å². The fourth-order valence-electron chi connectivity index (χ4n) is 3.75. The molecule has 5 heteroatoms. The van der Waals surface area contributed by atoms with Gasteiger partial charge in [-0.3, -0.25) is 0 Å². The van der Waals surface area contributed by atoms with Crippen LogP contribution in [0.4, 0.5) is 5.69 Å². The van der Waals surface area contributed by atoms with Crippen molar-refractivity contribution in [3.63, 3.8) is 0 Å². The van der Waals surface area contributed by atoms with E-state index >= 15 is 0 Å². The van der Waals surface area contributed by atoms with Crippen LogP contribution in [-0.2, 0) is 22.7 Å². The number of aliphatic hydroxyl groups excluding tert-OH is 1. The minimum absolute atomic E-state index is 0.107. The van der Waals surface area contributed by atoms with Gasteiger partial charge in [-0.1, -0.05) is 24.3 Å². The van der Waals surface area contributed by atoms with Crippen molar-refractivity contribution in [2.75, 3.05) is 19.2 Å². The van der Waals surface area contributed by atoms with Crippen LogP contribution in [-0.4, -0.2) is 29.7 Å². The van der Waals surface area contributed by atoms with Crippen molar-refractivity contribution in [3.8, 4) is 16.9 Å². The highest BCUT2D eigenvalue weighted by Gasteiger charge is 2.26. The van der Waals surface area contributed by atoms with E-state index in [0.29, 0.717) is 12.2 Å². The minimum atomic E-state index is -0.142. The highest BCUT2D eigenvalue weighted by molar-refractivity contribution is 5.88. The molecule has 1 heterocycles. The van der Waals surface area contributed by atoms with Gasteiger partial charge in [0, 0.05) is 23.9 Å². The zero-order valence-corrected chi connectivity index (χ0v) is 16.3. The van der Waals surface area contributed by atoms with Crippen LogP contribution in [0.15, 0.2) is 36.4 Å². The summed E-state index contributed by atoms with van der Waals surface area (Å²) >= 11 is 0. The van der Waals surface area contributed by atoms with E-state index in [2.05, 4.69) is 32.2 Å². The van der Waals surface area contributed by atoms with Crippen molar-refractivity contribution < 1.29 is 19.7 Å². The van der Waals surface area contributed by atoms with Crippen LogP contribution in [0, 0.1) is 0 Å². The Kier molecular flexibility index (Phi) is 5.56. The number of phenols is 1. The number of phenolic OH excluding ortho intramolecular Hbond substituents is 1. The number of hydrogen-bond donors (Lipinski definition) is 3. The van der Waals surface area contributed by atoms with E-state index in [1.807, 2.05) is 24.3 Å². The summed E-state index contributed by atoms with van der Waals surface area (Å²) in [6, 6.07) is 9.42. The molecule has 0 spiro atoms. The van der Waals surface area contributed by atoms with Crippen molar-refractivity contribution in [2.24, 2.45) is 0 Å². The smallest absolute Gasteiger partial charge is 0.146 e. The molecule has 1 aliphatic heterocycles. The number of benzene rings is 2. The summed E-state index contributed by atoms with van der Waals surface area (Å²) in [7, 11) is 1.57. The number of allylic oxidation sites excluding steroid dienone is 1. The lowest BCUT2D eigenvalue weighted by Crippen LogP contribution is -2.31. The highest BCUT2D eigenvalue weighted by Crippen LogP contribution is 2.42. The number of nitrogens with one attached hydrogen (secondary N) is 1. The number of fused-ring (bicyclic) bond motifs is 1. The summed E-state index contributed by atoms with van der Waals surface area (Å²) in [5, 5.41) is 24.2. The number of anilines is 1. The maximum absolute atomic E-state index is 10.6. The zero-order valence-electron chi connectivity index (χ0n) is 16.3. The Labute approximate surface area is 160 Å². The first-order valence-electron chi connectivity index (χ1n) is 9.00. The molecule has 0 aromatic heterocycles. The second-order valence-corrected chi connectivity index (χ2v) is 7.45. The zero-order chi connectivity index (χ0) is 19.6. The van der Waals surface area contributed by atoms with Crippen LogP contribution < -0.4 is 5.32 Å². The van der Waals surface area contributed by atoms with E-state index in [1.54, 1.807) is 13.2 Å². The van der Waals surface area contributed by atoms with Gasteiger partial charge in [-0.2, -0.15) is 0 Å². The van der Waals surface area contributed by atoms with Gasteiger partial charge in [0.1, 0.15) is 12.5 Å². The Balaban J connectivity index is 2.02. The molecule has 0 radical (unpaired) electrons. The molecule has 5 nitrogen and oxygen atoms in total. The standard InChI is InChI=1S/C22H27NO4/c1-14-10-22(2,3)23-19-8-7-16(18(11-24)21(14)19)17-6-5-15(9-20(17)25)12-27-13-26-4/h5-10,23-25H,11-13H2,1-4H3. The van der Waals surface area contributed by atoms with Crippen LogP contribution in [0.5, 0.6) is 5.75 Å². The third-order valence-corrected chi connectivity index (χ3v) is 4.72. The lowest BCUT2D eigenvalue weighted by Gasteiger charge is -2.33. The summed E-state index contributed by atoms with van der Waals surface area (Å²) < 4.78 is 10.2. The predicted molar refractivity (Wildman–Crippen MR) is 107 cm³/mol. The fraction of sp³-hybridized carbons (Fsp3) is 0.364. The van der Waals surface area contributed by atoms with E-state index in [4.69, 9.17) is 9.47 Å². The van der Waals surface area contributed by atoms with E-state index < -0.39 is 0 Å². The summed E-state index contributed by atoms with van der Waals surface area (Å²) in [5.41, 5.74) is 6.15. The second-order valence-electron chi connectivity index (χ2n) is 7.45. The van der Waals surface area contributed by atoms with Crippen molar-refractivity contribution in [2.45, 2.75) is 39.5 Å². The minimum Gasteiger partial charge on any atom is -0.507 e. The van der Waals surface area contributed by atoms with Gasteiger partial charge in [-0.25, -0.2) is 0 Å². The van der Waals surface area contributed by atoms with Crippen LogP contribution in [0.3, 0.4) is 0 Å². The summed E-state index contributed by atoms with van der Waals surface area (Å²) in [4.78, 5) is 0. The molecule has 2 aromatic rings. The number of hydrogen-bond acceptors (Lipinski definition) is 5. The lowest BCUT2D eigenvalue weighted by atomic mass is 9.85. The van der Waals surface area contributed by atoms with Gasteiger partial charge in [0.2, 0.25) is 0 Å². The van der Waals surface area contributed by atoms with Gasteiger partial charge in [0.25, 0.3) is 0 Å². The van der Waals surface area contributed by atoms with Gasteiger partial charge in [-0.15, -0.1) is 0 Å². The number of methoxy groups -OCH3 is 1. The van der Waals surface area contributed by atoms with Crippen molar-refractivity contribution in [1.29, 1.82) is 0 Å². The summed E-state index contributed by atoms with van der Waals surface area (Å²) in [6.07, 6.45) is 2.16. The molecular weight excluding hydrogens is 342 g/mol. The summed E-state index contributed by atoms with van der Waals surface area (Å²) in [6.45, 7) is 6.74. The first-order chi connectivity index (χ1) is 12.9. The van der Waals surface area contributed by atoms with Crippen LogP contribution in [0.1, 0.15) is 37.5 Å². The monoisotopic (exact) mass is 369 g/mol. The molecule has 3 N–H and O–H groups in total. The average molecular weight is 369 g/mol. The molecule has 3 rings (SSSR count). The molecule has 2 aromatic carbocycles. The SMILES string of the molecule is COCOCc1ccc(-c2ccc3c(c2CO)C(C)=CC(C)(C)N3)c(O)c1. The Bertz CT molecular complexity index is 871. The molecule has 0 aliphatic carbocycles. The summed E-state index contributed by atoms with van der Waals surface area (Å²) in [5.74, 6) is 0.161. The molecule has 0 amide bonds. The highest BCUT2D eigenvalue weighted by atomic mass is 16.7. The van der Waals surface area contributed by atoms with Crippen molar-refractivity contribution >= 4 is 11.3 Å². The Morgan fingerprint density at radius 2 is 1.85 bits per heavy atom. The maximum Gasteiger partial charge on any atom is 0.146 e. The average Bonchev–Trinajstić information content (AvgIpc) is 2.60. The molecule has 0 saturated heterocycles. The van der Waals surface area contributed by atoms with Gasteiger partial charge in [-0.05, 0) is 55.2 Å². The van der Waals surface area contributed by atoms with Crippen LogP contribution in [0.25, 0.3) is 16.7 Å². The molecule has 0 atom stereocenters. The van der Waals surface area contributed by atoms with Gasteiger partial charge in [0.05, 0.1) is 18.8 Å². The van der Waals surface area contributed by atoms with Crippen LogP contribution in [0.2, 0.25) is 0 Å². The number of ether oxygens (including phenoxy) is 2. The largest absolute Gasteiger partial charge is 0.507 e. The normalized spacial score (nSPS) is 15.1. The van der Waals surface area contributed by atoms with E-state index in [-0.39, 0.29) is 24.7 Å². The Hall–Kier alpha value is -2.34. The third-order valence-electron chi connectivity index (χ3n) is 4.72. The molecule has 1 aliphatic rings. The number of aromatic hydroxyl groups is 1. The Morgan fingerprint density at radius 1 is 1.11 bits per heavy atom. The second kappa shape index (κ2) is 7.72. The lowest BCUT2D eigenvalue weighted by molar-refractivity contribution is -0.0391. The Morgan fingerprint density at radius 3 is 2.52 bits per heavy atom. The molecule has 0 fully saturated rings. The van der Waals surface area contributed by atoms with Gasteiger partial charge in [0.15, 0.2) is 0 Å². The first-order valence-corrected chi connectivity index (χ1v) is 9.00. The molecule has 0 bridgehead atoms. The van der Waals surface area contributed by atoms with E-state index in [9.17, 15) is 10.2 Å². The number of rotatable bonds is 6. The maximum atomic E-state index is 10.6. The predicted octanol–water partition coefficient (Wildman–Crippen LogP) is 4.28. The molecule has 0 unspecified atom stereocenters. The van der Waals surface area contributed by atoms with Crippen molar-refractivity contribution in [3.05, 3.63) is 53.1 Å². The molecule has 27 heavy (non-hydrogen) atoms. The van der Waals surface area contributed by atoms with Gasteiger partial charge >= 0.3 is 0 Å². The number of aliphatic hydroxyl groups is 1. The topological polar surface area (TPSA) is 71.0 Å². The fourth-order valence-corrected chi connectivity index (χ4v) is 3.75. The molecule has 0 saturated carbocycles. The van der Waals surface area contributed by atoms with Crippen molar-refractivity contribution in [1.82, 2.24) is 0 Å².